The fourth-order valence-electron chi connectivity index (χ4n) is 8.97. The molecule has 0 spiro atoms. The Morgan fingerprint density at radius 2 is 0.804 bits per heavy atom. The van der Waals surface area contributed by atoms with E-state index in [2.05, 4.69) is 105 Å². The molecule has 4 aliphatic heterocycles. The van der Waals surface area contributed by atoms with E-state index >= 15 is 0 Å². The molecular weight excluding hydrogens is 560 g/mol. The van der Waals surface area contributed by atoms with E-state index in [1.54, 1.807) is 0 Å². The Morgan fingerprint density at radius 1 is 0.370 bits per heavy atom. The van der Waals surface area contributed by atoms with Crippen molar-refractivity contribution in [2.24, 2.45) is 0 Å². The first-order chi connectivity index (χ1) is 22.8. The zero-order valence-corrected chi connectivity index (χ0v) is 27.2. The lowest BCUT2D eigenvalue weighted by Gasteiger charge is -2.38. The molecule has 4 aliphatic rings. The third-order valence-electron chi connectivity index (χ3n) is 11.2. The molecule has 0 aromatic heterocycles. The van der Waals surface area contributed by atoms with E-state index < -0.39 is 0 Å². The molecule has 4 heterocycles. The van der Waals surface area contributed by atoms with Crippen LogP contribution in [0.5, 0.6) is 0 Å². The summed E-state index contributed by atoms with van der Waals surface area (Å²) in [6, 6.07) is 33.3. The molecule has 4 heteroatoms. The van der Waals surface area contributed by atoms with Gasteiger partial charge in [-0.05, 0) is 112 Å². The normalized spacial score (nSPS) is 18.6. The van der Waals surface area contributed by atoms with Gasteiger partial charge in [-0.1, -0.05) is 48.5 Å². The molecule has 0 atom stereocenters. The van der Waals surface area contributed by atoms with Crippen molar-refractivity contribution in [3.8, 4) is 0 Å². The summed E-state index contributed by atoms with van der Waals surface area (Å²) in [6.07, 6.45) is 12.5. The second-order valence-corrected chi connectivity index (χ2v) is 14.0. The van der Waals surface area contributed by atoms with E-state index in [1.807, 2.05) is 0 Å². The van der Waals surface area contributed by atoms with Crippen LogP contribution in [0.1, 0.15) is 62.5 Å². The van der Waals surface area contributed by atoms with Crippen LogP contribution in [0.4, 0.5) is 34.1 Å². The largest absolute Gasteiger partial charge is 0.372 e. The van der Waals surface area contributed by atoms with Crippen LogP contribution >= 0.6 is 0 Å². The maximum Gasteiger partial charge on any atom is 0.0572 e. The first-order valence-corrected chi connectivity index (χ1v) is 18.1. The van der Waals surface area contributed by atoms with Gasteiger partial charge in [0.05, 0.1) is 11.4 Å². The highest BCUT2D eigenvalue weighted by Gasteiger charge is 2.29. The fraction of sp³-hybridized carbons (Fsp3) is 0.381. The van der Waals surface area contributed by atoms with Gasteiger partial charge in [-0.3, -0.25) is 0 Å². The van der Waals surface area contributed by atoms with Gasteiger partial charge in [0.2, 0.25) is 0 Å². The highest BCUT2D eigenvalue weighted by molar-refractivity contribution is 6.22. The van der Waals surface area contributed by atoms with Crippen molar-refractivity contribution in [1.29, 1.82) is 0 Å². The Kier molecular flexibility index (Phi) is 7.25. The van der Waals surface area contributed by atoms with Crippen LogP contribution < -0.4 is 19.6 Å². The van der Waals surface area contributed by atoms with Gasteiger partial charge < -0.3 is 19.6 Å². The summed E-state index contributed by atoms with van der Waals surface area (Å²) in [7, 11) is 0. The van der Waals surface area contributed by atoms with Gasteiger partial charge in [0.25, 0.3) is 0 Å². The van der Waals surface area contributed by atoms with Crippen molar-refractivity contribution in [3.63, 3.8) is 0 Å². The van der Waals surface area contributed by atoms with Gasteiger partial charge in [0, 0.05) is 83.6 Å². The Morgan fingerprint density at radius 3 is 1.26 bits per heavy atom. The van der Waals surface area contributed by atoms with Crippen LogP contribution in [0.3, 0.4) is 0 Å². The number of aryl methyl sites for hydroxylation is 2. The highest BCUT2D eigenvalue weighted by atomic mass is 15.2. The molecule has 0 unspecified atom stereocenters. The molecule has 5 aromatic rings. The van der Waals surface area contributed by atoms with Crippen LogP contribution in [0.2, 0.25) is 0 Å². The van der Waals surface area contributed by atoms with Gasteiger partial charge >= 0.3 is 0 Å². The van der Waals surface area contributed by atoms with Crippen LogP contribution in [0.15, 0.2) is 84.9 Å². The summed E-state index contributed by atoms with van der Waals surface area (Å²) < 4.78 is 0. The van der Waals surface area contributed by atoms with Crippen molar-refractivity contribution >= 4 is 55.7 Å². The molecule has 0 bridgehead atoms. The number of para-hydroxylation sites is 2. The highest BCUT2D eigenvalue weighted by Crippen LogP contribution is 2.51. The molecule has 4 nitrogen and oxygen atoms in total. The number of rotatable bonds is 4. The summed E-state index contributed by atoms with van der Waals surface area (Å²) in [5.74, 6) is 0. The Bertz CT molecular complexity index is 1760. The molecule has 0 amide bonds. The zero-order valence-electron chi connectivity index (χ0n) is 27.2. The zero-order chi connectivity index (χ0) is 30.5. The van der Waals surface area contributed by atoms with E-state index in [4.69, 9.17) is 0 Å². The van der Waals surface area contributed by atoms with Crippen molar-refractivity contribution in [2.45, 2.75) is 64.2 Å². The van der Waals surface area contributed by atoms with E-state index in [0.717, 1.165) is 52.1 Å². The number of anilines is 6. The summed E-state index contributed by atoms with van der Waals surface area (Å²) in [4.78, 5) is 10.6. The number of hydrogen-bond acceptors (Lipinski definition) is 4. The second kappa shape index (κ2) is 11.9. The Balaban J connectivity index is 1.36. The van der Waals surface area contributed by atoms with E-state index in [-0.39, 0.29) is 0 Å². The molecule has 9 rings (SSSR count). The van der Waals surface area contributed by atoms with Crippen molar-refractivity contribution in [2.75, 3.05) is 58.9 Å². The predicted octanol–water partition coefficient (Wildman–Crippen LogP) is 10.1. The monoisotopic (exact) mass is 606 g/mol. The molecule has 2 saturated heterocycles. The SMILES string of the molecule is c1ccc2c(c1)CCCN2c1c2ccc(N3CCCCC3)cc2c(N2CCCc3ccccc32)c2ccc(N3CCCCC3)cc12. The molecular formula is C42H46N4. The molecule has 46 heavy (non-hydrogen) atoms. The van der Waals surface area contributed by atoms with Crippen molar-refractivity contribution in [3.05, 3.63) is 96.1 Å². The minimum Gasteiger partial charge on any atom is -0.372 e. The maximum absolute atomic E-state index is 2.68. The topological polar surface area (TPSA) is 13.0 Å². The molecule has 0 radical (unpaired) electrons. The third kappa shape index (κ3) is 4.80. The third-order valence-corrected chi connectivity index (χ3v) is 11.2. The van der Waals surface area contributed by atoms with Crippen LogP contribution in [0, 0.1) is 0 Å². The summed E-state index contributed by atoms with van der Waals surface area (Å²) in [6.45, 7) is 6.74. The van der Waals surface area contributed by atoms with E-state index in [0.29, 0.717) is 0 Å². The number of fused-ring (bicyclic) bond motifs is 4. The molecule has 2 fully saturated rings. The van der Waals surface area contributed by atoms with Gasteiger partial charge in [-0.15, -0.1) is 0 Å². The quantitative estimate of drug-likeness (QED) is 0.189. The summed E-state index contributed by atoms with van der Waals surface area (Å²) in [5, 5.41) is 5.57. The first-order valence-electron chi connectivity index (χ1n) is 18.1. The minimum atomic E-state index is 1.05. The Labute approximate surface area is 274 Å². The first kappa shape index (κ1) is 28.1. The van der Waals surface area contributed by atoms with Crippen molar-refractivity contribution < 1.29 is 0 Å². The average Bonchev–Trinajstić information content (AvgIpc) is 3.14. The minimum absolute atomic E-state index is 1.05. The number of piperidine rings is 2. The lowest BCUT2D eigenvalue weighted by atomic mass is 9.91. The van der Waals surface area contributed by atoms with E-state index in [9.17, 15) is 0 Å². The van der Waals surface area contributed by atoms with Crippen LogP contribution in [0.25, 0.3) is 21.5 Å². The molecule has 5 aromatic carbocycles. The summed E-state index contributed by atoms with van der Waals surface area (Å²) >= 11 is 0. The number of benzene rings is 5. The predicted molar refractivity (Wildman–Crippen MR) is 197 cm³/mol. The molecule has 0 aliphatic carbocycles. The second-order valence-electron chi connectivity index (χ2n) is 14.0. The van der Waals surface area contributed by atoms with Crippen molar-refractivity contribution in [1.82, 2.24) is 0 Å². The maximum atomic E-state index is 2.68. The molecule has 234 valence electrons. The lowest BCUT2D eigenvalue weighted by molar-refractivity contribution is 0.578. The molecule has 0 N–H and O–H groups in total. The van der Waals surface area contributed by atoms with Gasteiger partial charge in [-0.25, -0.2) is 0 Å². The van der Waals surface area contributed by atoms with Gasteiger partial charge in [0.1, 0.15) is 0 Å². The number of hydrogen-bond donors (Lipinski definition) is 0. The lowest BCUT2D eigenvalue weighted by Crippen LogP contribution is -2.30. The molecule has 0 saturated carbocycles. The number of nitrogens with zero attached hydrogens (tertiary/aromatic N) is 4. The van der Waals surface area contributed by atoms with Crippen LogP contribution in [-0.2, 0) is 12.8 Å². The van der Waals surface area contributed by atoms with Crippen LogP contribution in [-0.4, -0.2) is 39.3 Å². The fourth-order valence-corrected chi connectivity index (χ4v) is 8.97. The average molecular weight is 607 g/mol. The summed E-state index contributed by atoms with van der Waals surface area (Å²) in [5.41, 5.74) is 11.3. The van der Waals surface area contributed by atoms with Gasteiger partial charge in [0.15, 0.2) is 0 Å². The van der Waals surface area contributed by atoms with E-state index in [1.165, 1.54) is 118 Å². The van der Waals surface area contributed by atoms with Gasteiger partial charge in [-0.2, -0.15) is 0 Å². The Hall–Kier alpha value is -4.18. The smallest absolute Gasteiger partial charge is 0.0572 e. The standard InChI is InChI=1S/C42H46N4/c1-7-23-43(24-8-1)33-19-21-35-37(29-33)41(45-27-11-15-31-13-3-5-17-39(31)45)36-22-20-34(44-25-9-2-10-26-44)30-38(36)42(35)46-28-12-16-32-14-4-6-18-40(32)46/h3-6,13-14,17-22,29-30H,1-2,7-12,15-16,23-28H2.